The summed E-state index contributed by atoms with van der Waals surface area (Å²) >= 11 is 12.1. The summed E-state index contributed by atoms with van der Waals surface area (Å²) in [4.78, 5) is 23.9. The maximum absolute atomic E-state index is 13.3. The average Bonchev–Trinajstić information content (AvgIpc) is 2.73. The van der Waals surface area contributed by atoms with Crippen LogP contribution in [0.3, 0.4) is 0 Å². The Morgan fingerprint density at radius 1 is 0.844 bits per heavy atom. The standard InChI is InChI=1S/C22H19Cl2N3O4S/c1-15(28)25-18-7-9-19(10-8-18)26-22(29)14-27(20-12-16(23)11-17(24)13-20)32(30,31)21-5-3-2-4-6-21/h2-13H,14H2,1H3,(H,25,28)(H,26,29). The molecule has 0 heterocycles. The number of hydrogen-bond acceptors (Lipinski definition) is 4. The second kappa shape index (κ2) is 10.0. The summed E-state index contributed by atoms with van der Waals surface area (Å²) in [5.74, 6) is -0.795. The molecule has 2 N–H and O–H groups in total. The van der Waals surface area contributed by atoms with Gasteiger partial charge in [0.15, 0.2) is 0 Å². The number of hydrogen-bond donors (Lipinski definition) is 2. The molecule has 0 saturated carbocycles. The fraction of sp³-hybridized carbons (Fsp3) is 0.0909. The zero-order valence-corrected chi connectivity index (χ0v) is 19.2. The molecule has 3 rings (SSSR count). The second-order valence-corrected chi connectivity index (χ2v) is 9.49. The van der Waals surface area contributed by atoms with Gasteiger partial charge in [-0.05, 0) is 54.6 Å². The zero-order chi connectivity index (χ0) is 23.3. The van der Waals surface area contributed by atoms with Gasteiger partial charge in [0.2, 0.25) is 11.8 Å². The first-order valence-corrected chi connectivity index (χ1v) is 11.6. The highest BCUT2D eigenvalue weighted by molar-refractivity contribution is 7.92. The van der Waals surface area contributed by atoms with Gasteiger partial charge in [0.1, 0.15) is 6.54 Å². The molecule has 0 aromatic heterocycles. The first kappa shape index (κ1) is 23.6. The third-order valence-corrected chi connectivity index (χ3v) is 6.47. The van der Waals surface area contributed by atoms with Crippen LogP contribution in [-0.2, 0) is 19.6 Å². The van der Waals surface area contributed by atoms with Crippen molar-refractivity contribution in [3.05, 3.63) is 82.8 Å². The SMILES string of the molecule is CC(=O)Nc1ccc(NC(=O)CN(c2cc(Cl)cc(Cl)c2)S(=O)(=O)c2ccccc2)cc1. The van der Waals surface area contributed by atoms with Gasteiger partial charge < -0.3 is 10.6 Å². The molecule has 0 saturated heterocycles. The lowest BCUT2D eigenvalue weighted by atomic mass is 10.2. The smallest absolute Gasteiger partial charge is 0.264 e. The molecule has 0 bridgehead atoms. The fourth-order valence-corrected chi connectivity index (χ4v) is 4.83. The number of halogens is 2. The third-order valence-electron chi connectivity index (χ3n) is 4.24. The minimum atomic E-state index is -4.09. The third kappa shape index (κ3) is 6.00. The molecule has 10 heteroatoms. The first-order chi connectivity index (χ1) is 15.1. The zero-order valence-electron chi connectivity index (χ0n) is 16.9. The van der Waals surface area contributed by atoms with E-state index in [0.29, 0.717) is 11.4 Å². The van der Waals surface area contributed by atoms with Crippen molar-refractivity contribution in [3.63, 3.8) is 0 Å². The van der Waals surface area contributed by atoms with Gasteiger partial charge in [-0.2, -0.15) is 0 Å². The van der Waals surface area contributed by atoms with Crippen LogP contribution >= 0.6 is 23.2 Å². The van der Waals surface area contributed by atoms with Crippen molar-refractivity contribution in [3.8, 4) is 0 Å². The topological polar surface area (TPSA) is 95.6 Å². The van der Waals surface area contributed by atoms with Crippen LogP contribution in [0.25, 0.3) is 0 Å². The molecule has 166 valence electrons. The minimum absolute atomic E-state index is 0.0172. The van der Waals surface area contributed by atoms with Crippen LogP contribution in [0.1, 0.15) is 6.92 Å². The summed E-state index contributed by atoms with van der Waals surface area (Å²) in [6.07, 6.45) is 0. The van der Waals surface area contributed by atoms with Crippen LogP contribution in [0.4, 0.5) is 17.1 Å². The number of carbonyl (C=O) groups excluding carboxylic acids is 2. The van der Waals surface area contributed by atoms with E-state index < -0.39 is 22.5 Å². The molecule has 0 aliphatic heterocycles. The highest BCUT2D eigenvalue weighted by Crippen LogP contribution is 2.29. The monoisotopic (exact) mass is 491 g/mol. The minimum Gasteiger partial charge on any atom is -0.326 e. The van der Waals surface area contributed by atoms with Crippen molar-refractivity contribution in [2.24, 2.45) is 0 Å². The number of benzene rings is 3. The van der Waals surface area contributed by atoms with Gasteiger partial charge in [0, 0.05) is 28.3 Å². The number of sulfonamides is 1. The lowest BCUT2D eigenvalue weighted by Crippen LogP contribution is -2.38. The van der Waals surface area contributed by atoms with Crippen molar-refractivity contribution in [1.29, 1.82) is 0 Å². The molecular formula is C22H19Cl2N3O4S. The Bertz CT molecular complexity index is 1210. The van der Waals surface area contributed by atoms with Gasteiger partial charge in [0.05, 0.1) is 10.6 Å². The van der Waals surface area contributed by atoms with Gasteiger partial charge in [-0.3, -0.25) is 13.9 Å². The molecule has 0 aliphatic carbocycles. The molecule has 0 atom stereocenters. The van der Waals surface area contributed by atoms with Gasteiger partial charge in [-0.1, -0.05) is 41.4 Å². The van der Waals surface area contributed by atoms with E-state index in [0.717, 1.165) is 4.31 Å². The quantitative estimate of drug-likeness (QED) is 0.496. The van der Waals surface area contributed by atoms with Crippen LogP contribution < -0.4 is 14.9 Å². The van der Waals surface area contributed by atoms with E-state index in [1.807, 2.05) is 0 Å². The molecule has 2 amide bonds. The van der Waals surface area contributed by atoms with E-state index in [1.165, 1.54) is 37.3 Å². The summed E-state index contributed by atoms with van der Waals surface area (Å²) in [5, 5.41) is 5.74. The molecule has 32 heavy (non-hydrogen) atoms. The molecule has 7 nitrogen and oxygen atoms in total. The summed E-state index contributed by atoms with van der Waals surface area (Å²) in [6, 6.07) is 18.5. The summed E-state index contributed by atoms with van der Waals surface area (Å²) in [5.41, 5.74) is 1.16. The van der Waals surface area contributed by atoms with Gasteiger partial charge >= 0.3 is 0 Å². The number of amides is 2. The van der Waals surface area contributed by atoms with E-state index in [-0.39, 0.29) is 26.5 Å². The van der Waals surface area contributed by atoms with Crippen molar-refractivity contribution in [2.75, 3.05) is 21.5 Å². The summed E-state index contributed by atoms with van der Waals surface area (Å²) in [6.45, 7) is 0.876. The van der Waals surface area contributed by atoms with Crippen molar-refractivity contribution in [1.82, 2.24) is 0 Å². The number of rotatable bonds is 7. The predicted molar refractivity (Wildman–Crippen MR) is 127 cm³/mol. The lowest BCUT2D eigenvalue weighted by Gasteiger charge is -2.24. The Morgan fingerprint density at radius 3 is 1.91 bits per heavy atom. The van der Waals surface area contributed by atoms with Crippen LogP contribution in [-0.4, -0.2) is 26.8 Å². The Kier molecular flexibility index (Phi) is 7.40. The van der Waals surface area contributed by atoms with Gasteiger partial charge in [-0.15, -0.1) is 0 Å². The van der Waals surface area contributed by atoms with Crippen LogP contribution in [0.15, 0.2) is 77.7 Å². The average molecular weight is 492 g/mol. The molecule has 0 aliphatic rings. The Morgan fingerprint density at radius 2 is 1.38 bits per heavy atom. The van der Waals surface area contributed by atoms with E-state index in [1.54, 1.807) is 42.5 Å². The highest BCUT2D eigenvalue weighted by Gasteiger charge is 2.27. The number of nitrogens with one attached hydrogen (secondary N) is 2. The van der Waals surface area contributed by atoms with E-state index in [2.05, 4.69) is 10.6 Å². The Hall–Kier alpha value is -3.07. The van der Waals surface area contributed by atoms with E-state index in [4.69, 9.17) is 23.2 Å². The first-order valence-electron chi connectivity index (χ1n) is 9.36. The van der Waals surface area contributed by atoms with Gasteiger partial charge in [0.25, 0.3) is 10.0 Å². The Balaban J connectivity index is 1.88. The fourth-order valence-electron chi connectivity index (χ4n) is 2.89. The van der Waals surface area contributed by atoms with Crippen molar-refractivity contribution >= 4 is 62.1 Å². The van der Waals surface area contributed by atoms with Crippen LogP contribution in [0, 0.1) is 0 Å². The molecule has 3 aromatic rings. The molecule has 0 fully saturated rings. The maximum Gasteiger partial charge on any atom is 0.264 e. The van der Waals surface area contributed by atoms with Crippen LogP contribution in [0.2, 0.25) is 10.0 Å². The largest absolute Gasteiger partial charge is 0.326 e. The molecule has 0 radical (unpaired) electrons. The second-order valence-electron chi connectivity index (χ2n) is 6.76. The molecular weight excluding hydrogens is 473 g/mol. The number of nitrogens with zero attached hydrogens (tertiary/aromatic N) is 1. The van der Waals surface area contributed by atoms with Crippen molar-refractivity contribution < 1.29 is 18.0 Å². The predicted octanol–water partition coefficient (Wildman–Crippen LogP) is 4.79. The number of anilines is 3. The normalized spacial score (nSPS) is 11.0. The van der Waals surface area contributed by atoms with Crippen molar-refractivity contribution in [2.45, 2.75) is 11.8 Å². The number of carbonyl (C=O) groups is 2. The highest BCUT2D eigenvalue weighted by atomic mass is 35.5. The summed E-state index contributed by atoms with van der Waals surface area (Å²) in [7, 11) is -4.09. The summed E-state index contributed by atoms with van der Waals surface area (Å²) < 4.78 is 27.6. The van der Waals surface area contributed by atoms with Gasteiger partial charge in [-0.25, -0.2) is 8.42 Å². The maximum atomic E-state index is 13.3. The van der Waals surface area contributed by atoms with E-state index >= 15 is 0 Å². The lowest BCUT2D eigenvalue weighted by molar-refractivity contribution is -0.115. The molecule has 0 spiro atoms. The van der Waals surface area contributed by atoms with Crippen LogP contribution in [0.5, 0.6) is 0 Å². The molecule has 3 aromatic carbocycles. The van der Waals surface area contributed by atoms with E-state index in [9.17, 15) is 18.0 Å². The molecule has 0 unspecified atom stereocenters. The Labute approximate surface area is 196 Å².